The summed E-state index contributed by atoms with van der Waals surface area (Å²) in [6.45, 7) is 4.72. The van der Waals surface area contributed by atoms with Crippen LogP contribution >= 0.6 is 11.8 Å². The lowest BCUT2D eigenvalue weighted by Crippen LogP contribution is -2.36. The van der Waals surface area contributed by atoms with Crippen molar-refractivity contribution >= 4 is 17.7 Å². The van der Waals surface area contributed by atoms with Crippen molar-refractivity contribution < 1.29 is 4.79 Å². The van der Waals surface area contributed by atoms with Crippen LogP contribution in [0.1, 0.15) is 50.2 Å². The Bertz CT molecular complexity index is 811. The van der Waals surface area contributed by atoms with Gasteiger partial charge in [0.2, 0.25) is 5.91 Å². The number of carbonyl (C=O) groups is 1. The van der Waals surface area contributed by atoms with Crippen molar-refractivity contribution in [2.24, 2.45) is 0 Å². The van der Waals surface area contributed by atoms with Crippen LogP contribution in [0.4, 0.5) is 0 Å². The lowest BCUT2D eigenvalue weighted by atomic mass is 9.90. The van der Waals surface area contributed by atoms with E-state index in [1.165, 1.54) is 48.6 Å². The van der Waals surface area contributed by atoms with Crippen molar-refractivity contribution in [3.63, 3.8) is 0 Å². The molecule has 0 bridgehead atoms. The first kappa shape index (κ1) is 18.5. The zero-order chi connectivity index (χ0) is 18.6. The second kappa shape index (κ2) is 8.46. The number of benzene rings is 1. The van der Waals surface area contributed by atoms with Gasteiger partial charge in [0.1, 0.15) is 0 Å². The van der Waals surface area contributed by atoms with Gasteiger partial charge < -0.3 is 9.47 Å². The molecule has 144 valence electrons. The number of rotatable bonds is 5. The number of piperidine rings is 1. The molecule has 0 unspecified atom stereocenters. The quantitative estimate of drug-likeness (QED) is 0.733. The third-order valence-corrected chi connectivity index (χ3v) is 6.62. The molecule has 0 N–H and O–H groups in total. The van der Waals surface area contributed by atoms with Crippen LogP contribution in [0.2, 0.25) is 0 Å². The fourth-order valence-corrected chi connectivity index (χ4v) is 5.03. The molecule has 2 heterocycles. The average molecular weight is 385 g/mol. The summed E-state index contributed by atoms with van der Waals surface area (Å²) in [5.41, 5.74) is 4.08. The predicted octanol–water partition coefficient (Wildman–Crippen LogP) is 3.95. The number of hydrogen-bond donors (Lipinski definition) is 0. The molecule has 0 saturated carbocycles. The second-order valence-electron chi connectivity index (χ2n) is 7.47. The van der Waals surface area contributed by atoms with Crippen LogP contribution in [0.15, 0.2) is 23.4 Å². The summed E-state index contributed by atoms with van der Waals surface area (Å²) in [6.07, 6.45) is 8.42. The third-order valence-electron chi connectivity index (χ3n) is 5.67. The summed E-state index contributed by atoms with van der Waals surface area (Å²) in [7, 11) is 0. The highest BCUT2D eigenvalue weighted by Crippen LogP contribution is 2.29. The molecule has 1 fully saturated rings. The summed E-state index contributed by atoms with van der Waals surface area (Å²) in [5.74, 6) is 1.59. The van der Waals surface area contributed by atoms with Crippen molar-refractivity contribution in [3.8, 4) is 11.4 Å². The van der Waals surface area contributed by atoms with Gasteiger partial charge in [0.15, 0.2) is 11.0 Å². The van der Waals surface area contributed by atoms with Crippen LogP contribution in [0.25, 0.3) is 11.4 Å². The zero-order valence-corrected chi connectivity index (χ0v) is 16.9. The molecule has 2 aliphatic rings. The molecular formula is C21H28N4OS. The van der Waals surface area contributed by atoms with E-state index in [2.05, 4.69) is 39.9 Å². The zero-order valence-electron chi connectivity index (χ0n) is 16.1. The van der Waals surface area contributed by atoms with Crippen molar-refractivity contribution in [2.45, 2.75) is 63.6 Å². The van der Waals surface area contributed by atoms with Crippen LogP contribution in [0.3, 0.4) is 0 Å². The number of fused-ring (bicyclic) bond motifs is 1. The van der Waals surface area contributed by atoms with Crippen LogP contribution in [-0.2, 0) is 24.2 Å². The highest BCUT2D eigenvalue weighted by atomic mass is 32.2. The number of hydrogen-bond acceptors (Lipinski definition) is 4. The number of thioether (sulfide) groups is 1. The smallest absolute Gasteiger partial charge is 0.233 e. The third kappa shape index (κ3) is 4.05. The van der Waals surface area contributed by atoms with Gasteiger partial charge in [-0.15, -0.1) is 10.2 Å². The molecule has 5 nitrogen and oxygen atoms in total. The molecule has 2 aromatic rings. The van der Waals surface area contributed by atoms with Gasteiger partial charge in [-0.25, -0.2) is 0 Å². The Hall–Kier alpha value is -1.82. The molecule has 1 aromatic carbocycles. The summed E-state index contributed by atoms with van der Waals surface area (Å²) in [5, 5.41) is 9.70. The minimum atomic E-state index is 0.223. The monoisotopic (exact) mass is 384 g/mol. The highest BCUT2D eigenvalue weighted by molar-refractivity contribution is 7.99. The van der Waals surface area contributed by atoms with Gasteiger partial charge in [-0.1, -0.05) is 23.9 Å². The number of amides is 1. The van der Waals surface area contributed by atoms with E-state index in [1.807, 2.05) is 4.90 Å². The van der Waals surface area contributed by atoms with Crippen molar-refractivity contribution in [1.29, 1.82) is 0 Å². The van der Waals surface area contributed by atoms with E-state index in [-0.39, 0.29) is 5.91 Å². The van der Waals surface area contributed by atoms with E-state index in [0.29, 0.717) is 5.75 Å². The topological polar surface area (TPSA) is 51.0 Å². The first-order valence-corrected chi connectivity index (χ1v) is 11.2. The molecular weight excluding hydrogens is 356 g/mol. The van der Waals surface area contributed by atoms with Crippen molar-refractivity contribution in [1.82, 2.24) is 19.7 Å². The summed E-state index contributed by atoms with van der Waals surface area (Å²) < 4.78 is 2.14. The minimum Gasteiger partial charge on any atom is -0.342 e. The van der Waals surface area contributed by atoms with Gasteiger partial charge in [-0.2, -0.15) is 0 Å². The van der Waals surface area contributed by atoms with E-state index in [4.69, 9.17) is 0 Å². The molecule has 1 aliphatic carbocycles. The molecule has 1 aliphatic heterocycles. The van der Waals surface area contributed by atoms with E-state index in [9.17, 15) is 4.79 Å². The maximum Gasteiger partial charge on any atom is 0.233 e. The first-order chi connectivity index (χ1) is 13.3. The van der Waals surface area contributed by atoms with Gasteiger partial charge in [-0.05, 0) is 69.1 Å². The van der Waals surface area contributed by atoms with Crippen LogP contribution in [0, 0.1) is 0 Å². The molecule has 6 heteroatoms. The maximum absolute atomic E-state index is 12.5. The minimum absolute atomic E-state index is 0.223. The van der Waals surface area contributed by atoms with Gasteiger partial charge in [-0.3, -0.25) is 4.79 Å². The number of aromatic nitrogens is 3. The van der Waals surface area contributed by atoms with Gasteiger partial charge in [0.05, 0.1) is 5.75 Å². The Labute approximate surface area is 165 Å². The summed E-state index contributed by atoms with van der Waals surface area (Å²) in [4.78, 5) is 14.4. The number of carbonyl (C=O) groups excluding carboxylic acids is 1. The SMILES string of the molecule is CCn1c(SCC(=O)N2CCCCC2)nnc1-c1ccc2c(c1)CCCC2. The van der Waals surface area contributed by atoms with Gasteiger partial charge >= 0.3 is 0 Å². The van der Waals surface area contributed by atoms with Crippen LogP contribution < -0.4 is 0 Å². The van der Waals surface area contributed by atoms with Crippen LogP contribution in [0.5, 0.6) is 0 Å². The Morgan fingerprint density at radius 3 is 2.59 bits per heavy atom. The van der Waals surface area contributed by atoms with E-state index in [1.54, 1.807) is 0 Å². The van der Waals surface area contributed by atoms with E-state index < -0.39 is 0 Å². The summed E-state index contributed by atoms with van der Waals surface area (Å²) >= 11 is 1.52. The molecule has 27 heavy (non-hydrogen) atoms. The fourth-order valence-electron chi connectivity index (χ4n) is 4.13. The Balaban J connectivity index is 1.49. The molecule has 1 saturated heterocycles. The van der Waals surface area contributed by atoms with Crippen molar-refractivity contribution in [2.75, 3.05) is 18.8 Å². The molecule has 1 amide bonds. The standard InChI is InChI=1S/C21H28N4OS/c1-2-25-20(18-11-10-16-8-4-5-9-17(16)14-18)22-23-21(25)27-15-19(26)24-12-6-3-7-13-24/h10-11,14H,2-9,12-13,15H2,1H3. The molecule has 0 atom stereocenters. The summed E-state index contributed by atoms with van der Waals surface area (Å²) in [6, 6.07) is 6.72. The van der Waals surface area contributed by atoms with Gasteiger partial charge in [0, 0.05) is 25.2 Å². The number of aryl methyl sites for hydroxylation is 2. The molecule has 0 radical (unpaired) electrons. The normalized spacial score (nSPS) is 17.0. The van der Waals surface area contributed by atoms with E-state index >= 15 is 0 Å². The van der Waals surface area contributed by atoms with Gasteiger partial charge in [0.25, 0.3) is 0 Å². The first-order valence-electron chi connectivity index (χ1n) is 10.2. The Morgan fingerprint density at radius 1 is 1.04 bits per heavy atom. The predicted molar refractivity (Wildman–Crippen MR) is 109 cm³/mol. The fraction of sp³-hybridized carbons (Fsp3) is 0.571. The van der Waals surface area contributed by atoms with Crippen LogP contribution in [-0.4, -0.2) is 44.4 Å². The largest absolute Gasteiger partial charge is 0.342 e. The second-order valence-corrected chi connectivity index (χ2v) is 8.41. The lowest BCUT2D eigenvalue weighted by molar-refractivity contribution is -0.129. The number of nitrogens with zero attached hydrogens (tertiary/aromatic N) is 4. The molecule has 0 spiro atoms. The lowest BCUT2D eigenvalue weighted by Gasteiger charge is -2.26. The number of likely N-dealkylation sites (tertiary alicyclic amines) is 1. The van der Waals surface area contributed by atoms with E-state index in [0.717, 1.165) is 55.4 Å². The Morgan fingerprint density at radius 2 is 1.81 bits per heavy atom. The maximum atomic E-state index is 12.5. The average Bonchev–Trinajstić information content (AvgIpc) is 3.15. The molecule has 1 aromatic heterocycles. The highest BCUT2D eigenvalue weighted by Gasteiger charge is 2.20. The Kier molecular flexibility index (Phi) is 5.81. The van der Waals surface area contributed by atoms with Crippen molar-refractivity contribution in [3.05, 3.63) is 29.3 Å². The molecule has 4 rings (SSSR count).